The van der Waals surface area contributed by atoms with Crippen molar-refractivity contribution < 1.29 is 8.78 Å². The normalized spacial score (nSPS) is 10.8. The molecule has 0 atom stereocenters. The zero-order chi connectivity index (χ0) is 11.7. The molecule has 1 aromatic heterocycles. The molecule has 0 saturated heterocycles. The molecule has 0 radical (unpaired) electrons. The lowest BCUT2D eigenvalue weighted by molar-refractivity contribution is 0.566. The van der Waals surface area contributed by atoms with Crippen molar-refractivity contribution in [2.24, 2.45) is 0 Å². The Balaban J connectivity index is 2.33. The van der Waals surface area contributed by atoms with Crippen LogP contribution in [0.2, 0.25) is 5.28 Å². The first-order valence-corrected chi connectivity index (χ1v) is 5.55. The number of hydrogen-bond acceptors (Lipinski definition) is 1. The van der Waals surface area contributed by atoms with Crippen molar-refractivity contribution in [3.8, 4) is 0 Å². The maximum atomic E-state index is 13.2. The molecule has 2 rings (SSSR count). The van der Waals surface area contributed by atoms with Gasteiger partial charge in [0.05, 0.1) is 11.0 Å². The van der Waals surface area contributed by atoms with Gasteiger partial charge in [0, 0.05) is 12.4 Å². The standard InChI is InChI=1S/C10H6BrClF2N2/c11-9-7(13)3-6(4-8(9)14)5-16-2-1-15-10(16)12/h1-4H,5H2. The largest absolute Gasteiger partial charge is 0.317 e. The van der Waals surface area contributed by atoms with Crippen molar-refractivity contribution in [3.05, 3.63) is 51.5 Å². The lowest BCUT2D eigenvalue weighted by atomic mass is 10.2. The van der Waals surface area contributed by atoms with Crippen LogP contribution in [-0.2, 0) is 6.54 Å². The monoisotopic (exact) mass is 306 g/mol. The van der Waals surface area contributed by atoms with Gasteiger partial charge in [0.25, 0.3) is 0 Å². The topological polar surface area (TPSA) is 17.8 Å². The van der Waals surface area contributed by atoms with Gasteiger partial charge in [-0.1, -0.05) is 0 Å². The summed E-state index contributed by atoms with van der Waals surface area (Å²) in [5, 5.41) is 0.281. The molecule has 84 valence electrons. The molecule has 16 heavy (non-hydrogen) atoms. The van der Waals surface area contributed by atoms with Crippen molar-refractivity contribution in [2.45, 2.75) is 6.54 Å². The maximum absolute atomic E-state index is 13.2. The molecule has 1 heterocycles. The summed E-state index contributed by atoms with van der Waals surface area (Å²) in [5.41, 5.74) is 0.484. The predicted octanol–water partition coefficient (Wildman–Crippen LogP) is 3.63. The van der Waals surface area contributed by atoms with E-state index in [4.69, 9.17) is 11.6 Å². The van der Waals surface area contributed by atoms with E-state index in [-0.39, 0.29) is 16.3 Å². The molecular weight excluding hydrogens is 301 g/mol. The Morgan fingerprint density at radius 1 is 1.31 bits per heavy atom. The molecule has 2 nitrogen and oxygen atoms in total. The number of aromatic nitrogens is 2. The molecule has 2 aromatic rings. The van der Waals surface area contributed by atoms with E-state index in [0.29, 0.717) is 5.56 Å². The maximum Gasteiger partial charge on any atom is 0.202 e. The Morgan fingerprint density at radius 2 is 1.94 bits per heavy atom. The van der Waals surface area contributed by atoms with E-state index in [9.17, 15) is 8.78 Å². The van der Waals surface area contributed by atoms with Crippen LogP contribution in [0.4, 0.5) is 8.78 Å². The van der Waals surface area contributed by atoms with Gasteiger partial charge >= 0.3 is 0 Å². The van der Waals surface area contributed by atoms with E-state index < -0.39 is 11.6 Å². The fourth-order valence-electron chi connectivity index (χ4n) is 1.32. The van der Waals surface area contributed by atoms with Gasteiger partial charge in [-0.2, -0.15) is 0 Å². The van der Waals surface area contributed by atoms with Crippen LogP contribution >= 0.6 is 27.5 Å². The van der Waals surface area contributed by atoms with Crippen LogP contribution in [0.15, 0.2) is 29.0 Å². The van der Waals surface area contributed by atoms with Crippen molar-refractivity contribution >= 4 is 27.5 Å². The van der Waals surface area contributed by atoms with Gasteiger partial charge in [-0.15, -0.1) is 0 Å². The molecule has 0 aliphatic heterocycles. The quantitative estimate of drug-likeness (QED) is 0.775. The molecule has 0 unspecified atom stereocenters. The van der Waals surface area contributed by atoms with Gasteiger partial charge < -0.3 is 4.57 Å². The average Bonchev–Trinajstić information content (AvgIpc) is 2.61. The van der Waals surface area contributed by atoms with Crippen LogP contribution in [0.25, 0.3) is 0 Å². The molecule has 0 N–H and O–H groups in total. The van der Waals surface area contributed by atoms with Crippen molar-refractivity contribution in [3.63, 3.8) is 0 Å². The average molecular weight is 308 g/mol. The third kappa shape index (κ3) is 2.25. The van der Waals surface area contributed by atoms with Crippen molar-refractivity contribution in [2.75, 3.05) is 0 Å². The molecule has 6 heteroatoms. The summed E-state index contributed by atoms with van der Waals surface area (Å²) in [5.74, 6) is -1.27. The van der Waals surface area contributed by atoms with E-state index in [1.807, 2.05) is 0 Å². The summed E-state index contributed by atoms with van der Waals surface area (Å²) < 4.78 is 27.9. The molecule has 1 aromatic carbocycles. The number of imidazole rings is 1. The highest BCUT2D eigenvalue weighted by Gasteiger charge is 2.09. The second-order valence-corrected chi connectivity index (χ2v) is 4.33. The fraction of sp³-hybridized carbons (Fsp3) is 0.100. The Morgan fingerprint density at radius 3 is 2.44 bits per heavy atom. The van der Waals surface area contributed by atoms with E-state index in [1.54, 1.807) is 10.8 Å². The third-order valence-corrected chi connectivity index (χ3v) is 3.13. The summed E-state index contributed by atoms with van der Waals surface area (Å²) in [6.45, 7) is 0.278. The smallest absolute Gasteiger partial charge is 0.202 e. The summed E-state index contributed by atoms with van der Waals surface area (Å²) in [7, 11) is 0. The first kappa shape index (κ1) is 11.5. The van der Waals surface area contributed by atoms with Gasteiger partial charge in [0.2, 0.25) is 5.28 Å². The Labute approximate surface area is 104 Å². The highest BCUT2D eigenvalue weighted by molar-refractivity contribution is 9.10. The van der Waals surface area contributed by atoms with E-state index >= 15 is 0 Å². The second-order valence-electron chi connectivity index (χ2n) is 3.20. The minimum absolute atomic E-state index is 0.159. The predicted molar refractivity (Wildman–Crippen MR) is 60.4 cm³/mol. The summed E-state index contributed by atoms with van der Waals surface area (Å²) in [6, 6.07) is 2.51. The Kier molecular flexibility index (Phi) is 3.25. The molecular formula is C10H6BrClF2N2. The van der Waals surface area contributed by atoms with Crippen LogP contribution in [0.3, 0.4) is 0 Å². The third-order valence-electron chi connectivity index (χ3n) is 2.06. The molecule has 0 aliphatic rings. The fourth-order valence-corrected chi connectivity index (χ4v) is 1.73. The molecule has 0 saturated carbocycles. The lowest BCUT2D eigenvalue weighted by Gasteiger charge is -2.05. The zero-order valence-electron chi connectivity index (χ0n) is 7.92. The van der Waals surface area contributed by atoms with Crippen LogP contribution in [0.5, 0.6) is 0 Å². The van der Waals surface area contributed by atoms with Crippen LogP contribution in [0, 0.1) is 11.6 Å². The number of halogens is 4. The van der Waals surface area contributed by atoms with Crippen molar-refractivity contribution in [1.29, 1.82) is 0 Å². The second kappa shape index (κ2) is 4.51. The minimum Gasteiger partial charge on any atom is -0.317 e. The Bertz CT molecular complexity index is 504. The molecule has 0 aliphatic carbocycles. The van der Waals surface area contributed by atoms with Gasteiger partial charge in [0.1, 0.15) is 11.6 Å². The summed E-state index contributed by atoms with van der Waals surface area (Å²) in [4.78, 5) is 3.81. The highest BCUT2D eigenvalue weighted by Crippen LogP contribution is 2.22. The van der Waals surface area contributed by atoms with Gasteiger partial charge in [-0.25, -0.2) is 13.8 Å². The zero-order valence-corrected chi connectivity index (χ0v) is 10.3. The van der Waals surface area contributed by atoms with Gasteiger partial charge in [-0.05, 0) is 45.2 Å². The summed E-state index contributed by atoms with van der Waals surface area (Å²) >= 11 is 8.57. The van der Waals surface area contributed by atoms with Gasteiger partial charge in [-0.3, -0.25) is 0 Å². The van der Waals surface area contributed by atoms with Crippen LogP contribution < -0.4 is 0 Å². The molecule has 0 fully saturated rings. The van der Waals surface area contributed by atoms with E-state index in [0.717, 1.165) is 0 Å². The molecule has 0 amide bonds. The van der Waals surface area contributed by atoms with Crippen LogP contribution in [-0.4, -0.2) is 9.55 Å². The number of rotatable bonds is 2. The van der Waals surface area contributed by atoms with E-state index in [2.05, 4.69) is 20.9 Å². The Hall–Kier alpha value is -0.940. The summed E-state index contributed by atoms with van der Waals surface area (Å²) in [6.07, 6.45) is 3.16. The number of nitrogens with zero attached hydrogens (tertiary/aromatic N) is 2. The van der Waals surface area contributed by atoms with Gasteiger partial charge in [0.15, 0.2) is 0 Å². The SMILES string of the molecule is Fc1cc(Cn2ccnc2Cl)cc(F)c1Br. The lowest BCUT2D eigenvalue weighted by Crippen LogP contribution is -2.00. The minimum atomic E-state index is -0.633. The highest BCUT2D eigenvalue weighted by atomic mass is 79.9. The first-order chi connectivity index (χ1) is 7.58. The van der Waals surface area contributed by atoms with Crippen LogP contribution in [0.1, 0.15) is 5.56 Å². The molecule has 0 spiro atoms. The van der Waals surface area contributed by atoms with E-state index in [1.165, 1.54) is 18.3 Å². The number of benzene rings is 1. The number of hydrogen-bond donors (Lipinski definition) is 0. The van der Waals surface area contributed by atoms with Crippen molar-refractivity contribution in [1.82, 2.24) is 9.55 Å². The first-order valence-electron chi connectivity index (χ1n) is 4.38. The molecule has 0 bridgehead atoms.